The van der Waals surface area contributed by atoms with Gasteiger partial charge in [-0.15, -0.1) is 10.2 Å². The standard InChI is InChI=1S/C16H19FN4O2S/c1-11(15(22)21-6-8-23-9-7-21)18-16-20-19-14(24-16)10-12-2-4-13(17)5-3-12/h2-5,11H,6-10H2,1H3,(H,18,20). The summed E-state index contributed by atoms with van der Waals surface area (Å²) < 4.78 is 18.2. The third-order valence-corrected chi connectivity index (χ3v) is 4.62. The van der Waals surface area contributed by atoms with Gasteiger partial charge in [0, 0.05) is 19.5 Å². The molecule has 0 radical (unpaired) electrons. The summed E-state index contributed by atoms with van der Waals surface area (Å²) in [5.41, 5.74) is 0.969. The van der Waals surface area contributed by atoms with Crippen LogP contribution in [0.25, 0.3) is 0 Å². The number of benzene rings is 1. The van der Waals surface area contributed by atoms with E-state index in [0.717, 1.165) is 10.6 Å². The third-order valence-electron chi connectivity index (χ3n) is 3.77. The lowest BCUT2D eigenvalue weighted by Gasteiger charge is -2.29. The molecule has 24 heavy (non-hydrogen) atoms. The molecule has 3 rings (SSSR count). The van der Waals surface area contributed by atoms with Gasteiger partial charge in [-0.3, -0.25) is 4.79 Å². The van der Waals surface area contributed by atoms with E-state index in [1.54, 1.807) is 17.0 Å². The molecule has 6 nitrogen and oxygen atoms in total. The average molecular weight is 350 g/mol. The Kier molecular flexibility index (Phi) is 5.37. The average Bonchev–Trinajstić information content (AvgIpc) is 3.04. The quantitative estimate of drug-likeness (QED) is 0.892. The van der Waals surface area contributed by atoms with Gasteiger partial charge in [0.2, 0.25) is 11.0 Å². The molecule has 1 fully saturated rings. The maximum atomic E-state index is 12.9. The number of ether oxygens (including phenoxy) is 1. The third kappa shape index (κ3) is 4.27. The van der Waals surface area contributed by atoms with E-state index in [0.29, 0.717) is 37.9 Å². The Morgan fingerprint density at radius 2 is 2.04 bits per heavy atom. The summed E-state index contributed by atoms with van der Waals surface area (Å²) in [6.07, 6.45) is 0.589. The highest BCUT2D eigenvalue weighted by molar-refractivity contribution is 7.15. The molecule has 2 heterocycles. The molecule has 1 N–H and O–H groups in total. The molecule has 8 heteroatoms. The number of carbonyl (C=O) groups excluding carboxylic acids is 1. The van der Waals surface area contributed by atoms with Crippen LogP contribution in [0.2, 0.25) is 0 Å². The van der Waals surface area contributed by atoms with Crippen molar-refractivity contribution >= 4 is 22.4 Å². The van der Waals surface area contributed by atoms with Gasteiger partial charge in [0.15, 0.2) is 0 Å². The first-order chi connectivity index (χ1) is 11.6. The SMILES string of the molecule is CC(Nc1nnc(Cc2ccc(F)cc2)s1)C(=O)N1CCOCC1. The molecule has 128 valence electrons. The number of hydrogen-bond acceptors (Lipinski definition) is 6. The van der Waals surface area contributed by atoms with Crippen molar-refractivity contribution in [2.75, 3.05) is 31.6 Å². The van der Waals surface area contributed by atoms with Crippen molar-refractivity contribution in [2.45, 2.75) is 19.4 Å². The minimum atomic E-state index is -0.366. The highest BCUT2D eigenvalue weighted by Gasteiger charge is 2.23. The Hall–Kier alpha value is -2.06. The van der Waals surface area contributed by atoms with Crippen LogP contribution in [0.1, 0.15) is 17.5 Å². The predicted molar refractivity (Wildman–Crippen MR) is 89.6 cm³/mol. The fourth-order valence-corrected chi connectivity index (χ4v) is 3.33. The van der Waals surface area contributed by atoms with Crippen LogP contribution in [0.4, 0.5) is 9.52 Å². The first-order valence-corrected chi connectivity index (χ1v) is 8.63. The topological polar surface area (TPSA) is 67.4 Å². The lowest BCUT2D eigenvalue weighted by molar-refractivity contribution is -0.135. The fraction of sp³-hybridized carbons (Fsp3) is 0.438. The first kappa shape index (κ1) is 16.8. The second kappa shape index (κ2) is 7.67. The maximum Gasteiger partial charge on any atom is 0.245 e. The van der Waals surface area contributed by atoms with E-state index in [1.165, 1.54) is 23.5 Å². The summed E-state index contributed by atoms with van der Waals surface area (Å²) in [6, 6.07) is 5.95. The Morgan fingerprint density at radius 3 is 2.75 bits per heavy atom. The van der Waals surface area contributed by atoms with E-state index < -0.39 is 0 Å². The van der Waals surface area contributed by atoms with Crippen LogP contribution in [0.5, 0.6) is 0 Å². The second-order valence-corrected chi connectivity index (χ2v) is 6.67. The van der Waals surface area contributed by atoms with Crippen LogP contribution in [-0.2, 0) is 16.0 Å². The van der Waals surface area contributed by atoms with Gasteiger partial charge in [0.05, 0.1) is 13.2 Å². The van der Waals surface area contributed by atoms with Gasteiger partial charge in [-0.25, -0.2) is 4.39 Å². The number of halogens is 1. The van der Waals surface area contributed by atoms with Crippen molar-refractivity contribution in [3.63, 3.8) is 0 Å². The van der Waals surface area contributed by atoms with E-state index in [-0.39, 0.29) is 17.8 Å². The van der Waals surface area contributed by atoms with E-state index in [1.807, 2.05) is 6.92 Å². The van der Waals surface area contributed by atoms with E-state index in [9.17, 15) is 9.18 Å². The van der Waals surface area contributed by atoms with Crippen molar-refractivity contribution in [3.8, 4) is 0 Å². The zero-order valence-electron chi connectivity index (χ0n) is 13.4. The van der Waals surface area contributed by atoms with E-state index in [4.69, 9.17) is 4.74 Å². The van der Waals surface area contributed by atoms with Gasteiger partial charge < -0.3 is 15.0 Å². The summed E-state index contributed by atoms with van der Waals surface area (Å²) in [7, 11) is 0. The summed E-state index contributed by atoms with van der Waals surface area (Å²) in [5, 5.41) is 12.7. The molecule has 1 saturated heterocycles. The number of nitrogens with one attached hydrogen (secondary N) is 1. The molecule has 2 aromatic rings. The van der Waals surface area contributed by atoms with Crippen LogP contribution < -0.4 is 5.32 Å². The minimum Gasteiger partial charge on any atom is -0.378 e. The number of anilines is 1. The lowest BCUT2D eigenvalue weighted by Crippen LogP contribution is -2.46. The molecule has 0 aliphatic carbocycles. The molecular weight excluding hydrogens is 331 g/mol. The van der Waals surface area contributed by atoms with Crippen LogP contribution in [0, 0.1) is 5.82 Å². The van der Waals surface area contributed by atoms with Gasteiger partial charge >= 0.3 is 0 Å². The van der Waals surface area contributed by atoms with Crippen molar-refractivity contribution < 1.29 is 13.9 Å². The molecule has 1 atom stereocenters. The Bertz CT molecular complexity index is 686. The number of amides is 1. The Balaban J connectivity index is 1.56. The number of nitrogens with zero attached hydrogens (tertiary/aromatic N) is 3. The minimum absolute atomic E-state index is 0.0357. The molecule has 1 aliphatic heterocycles. The van der Waals surface area contributed by atoms with Crippen molar-refractivity contribution in [1.82, 2.24) is 15.1 Å². The largest absolute Gasteiger partial charge is 0.378 e. The van der Waals surface area contributed by atoms with Crippen molar-refractivity contribution in [1.29, 1.82) is 0 Å². The second-order valence-electron chi connectivity index (χ2n) is 5.61. The summed E-state index contributed by atoms with van der Waals surface area (Å²) >= 11 is 1.40. The number of morpholine rings is 1. The maximum absolute atomic E-state index is 12.9. The monoisotopic (exact) mass is 350 g/mol. The van der Waals surface area contributed by atoms with Crippen LogP contribution in [-0.4, -0.2) is 53.3 Å². The normalized spacial score (nSPS) is 16.0. The number of rotatable bonds is 5. The number of carbonyl (C=O) groups is 1. The van der Waals surface area contributed by atoms with Crippen molar-refractivity contribution in [3.05, 3.63) is 40.7 Å². The molecule has 1 aromatic carbocycles. The van der Waals surface area contributed by atoms with E-state index >= 15 is 0 Å². The van der Waals surface area contributed by atoms with Gasteiger partial charge in [-0.05, 0) is 24.6 Å². The molecular formula is C16H19FN4O2S. The lowest BCUT2D eigenvalue weighted by atomic mass is 10.2. The van der Waals surface area contributed by atoms with Gasteiger partial charge in [-0.1, -0.05) is 23.5 Å². The molecule has 1 unspecified atom stereocenters. The Labute approximate surface area is 143 Å². The first-order valence-electron chi connectivity index (χ1n) is 7.82. The molecule has 1 amide bonds. The highest BCUT2D eigenvalue weighted by atomic mass is 32.1. The number of hydrogen-bond donors (Lipinski definition) is 1. The molecule has 0 bridgehead atoms. The summed E-state index contributed by atoms with van der Waals surface area (Å²) in [6.45, 7) is 4.23. The zero-order valence-corrected chi connectivity index (χ0v) is 14.2. The highest BCUT2D eigenvalue weighted by Crippen LogP contribution is 2.20. The van der Waals surface area contributed by atoms with Gasteiger partial charge in [0.1, 0.15) is 16.9 Å². The molecule has 1 aromatic heterocycles. The van der Waals surface area contributed by atoms with Gasteiger partial charge in [-0.2, -0.15) is 0 Å². The molecule has 1 aliphatic rings. The molecule has 0 spiro atoms. The van der Waals surface area contributed by atoms with Crippen LogP contribution in [0.15, 0.2) is 24.3 Å². The summed E-state index contributed by atoms with van der Waals surface area (Å²) in [4.78, 5) is 14.2. The van der Waals surface area contributed by atoms with Crippen LogP contribution in [0.3, 0.4) is 0 Å². The van der Waals surface area contributed by atoms with Crippen molar-refractivity contribution in [2.24, 2.45) is 0 Å². The van der Waals surface area contributed by atoms with E-state index in [2.05, 4.69) is 15.5 Å². The van der Waals surface area contributed by atoms with Crippen LogP contribution >= 0.6 is 11.3 Å². The molecule has 0 saturated carbocycles. The number of aromatic nitrogens is 2. The van der Waals surface area contributed by atoms with Gasteiger partial charge in [0.25, 0.3) is 0 Å². The predicted octanol–water partition coefficient (Wildman–Crippen LogP) is 1.93. The fourth-order valence-electron chi connectivity index (χ4n) is 2.46. The smallest absolute Gasteiger partial charge is 0.245 e. The zero-order chi connectivity index (χ0) is 16.9. The Morgan fingerprint density at radius 1 is 1.33 bits per heavy atom. The summed E-state index contributed by atoms with van der Waals surface area (Å²) in [5.74, 6) is -0.220.